The molecule has 0 bridgehead atoms. The van der Waals surface area contributed by atoms with Crippen molar-refractivity contribution in [2.24, 2.45) is 11.8 Å². The van der Waals surface area contributed by atoms with E-state index in [4.69, 9.17) is 4.74 Å². The first-order chi connectivity index (χ1) is 10.4. The Kier molecular flexibility index (Phi) is 3.92. The van der Waals surface area contributed by atoms with Crippen molar-refractivity contribution in [1.29, 1.82) is 0 Å². The van der Waals surface area contributed by atoms with Gasteiger partial charge >= 0.3 is 0 Å². The molecule has 2 aliphatic heterocycles. The van der Waals surface area contributed by atoms with Crippen LogP contribution in [-0.2, 0) is 19.6 Å². The third-order valence-electron chi connectivity index (χ3n) is 4.32. The van der Waals surface area contributed by atoms with E-state index >= 15 is 0 Å². The Labute approximate surface area is 128 Å². The first kappa shape index (κ1) is 15.4. The number of carbonyl (C=O) groups is 1. The normalized spacial score (nSPS) is 28.5. The Balaban J connectivity index is 1.84. The van der Waals surface area contributed by atoms with Crippen LogP contribution in [0.25, 0.3) is 0 Å². The summed E-state index contributed by atoms with van der Waals surface area (Å²) in [6.45, 7) is 0.608. The van der Waals surface area contributed by atoms with Crippen molar-refractivity contribution in [2.75, 3.05) is 26.7 Å². The van der Waals surface area contributed by atoms with Crippen molar-refractivity contribution >= 4 is 15.9 Å². The van der Waals surface area contributed by atoms with E-state index in [2.05, 4.69) is 5.32 Å². The summed E-state index contributed by atoms with van der Waals surface area (Å²) in [7, 11) is -2.38. The highest BCUT2D eigenvalue weighted by molar-refractivity contribution is 7.89. The van der Waals surface area contributed by atoms with Crippen molar-refractivity contribution in [2.45, 2.75) is 11.0 Å². The van der Waals surface area contributed by atoms with Crippen molar-refractivity contribution < 1.29 is 22.3 Å². The fraction of sp³-hybridized carbons (Fsp3) is 0.500. The molecule has 0 aromatic heterocycles. The Morgan fingerprint density at radius 2 is 2.09 bits per heavy atom. The summed E-state index contributed by atoms with van der Waals surface area (Å²) in [5.41, 5.74) is 0. The van der Waals surface area contributed by atoms with Crippen molar-refractivity contribution in [3.8, 4) is 0 Å². The summed E-state index contributed by atoms with van der Waals surface area (Å²) in [4.78, 5) is 11.5. The van der Waals surface area contributed by atoms with Crippen LogP contribution in [0.2, 0.25) is 0 Å². The molecule has 1 amide bonds. The summed E-state index contributed by atoms with van der Waals surface area (Å²) >= 11 is 0. The SMILES string of the molecule is CNC(=O)[C@H]1CO[C@@H]2CN(S(=O)(=O)c3ccccc3F)C[C@H]12. The second-order valence-electron chi connectivity index (χ2n) is 5.51. The van der Waals surface area contributed by atoms with Gasteiger partial charge in [-0.15, -0.1) is 0 Å². The summed E-state index contributed by atoms with van der Waals surface area (Å²) in [6, 6.07) is 5.29. The lowest BCUT2D eigenvalue weighted by atomic mass is 9.92. The molecule has 22 heavy (non-hydrogen) atoms. The number of carbonyl (C=O) groups excluding carboxylic acids is 1. The molecule has 0 spiro atoms. The molecule has 1 aromatic carbocycles. The largest absolute Gasteiger partial charge is 0.376 e. The number of halogens is 1. The first-order valence-corrected chi connectivity index (χ1v) is 8.47. The van der Waals surface area contributed by atoms with Crippen molar-refractivity contribution in [3.63, 3.8) is 0 Å². The smallest absolute Gasteiger partial charge is 0.246 e. The number of nitrogens with one attached hydrogen (secondary N) is 1. The van der Waals surface area contributed by atoms with Crippen molar-refractivity contribution in [3.05, 3.63) is 30.1 Å². The fourth-order valence-electron chi connectivity index (χ4n) is 3.12. The molecule has 0 saturated carbocycles. The maximum Gasteiger partial charge on any atom is 0.246 e. The Bertz CT molecular complexity index is 694. The highest BCUT2D eigenvalue weighted by Crippen LogP contribution is 2.36. The van der Waals surface area contributed by atoms with Gasteiger partial charge in [0.25, 0.3) is 0 Å². The van der Waals surface area contributed by atoms with E-state index in [1.165, 1.54) is 22.5 Å². The van der Waals surface area contributed by atoms with Gasteiger partial charge in [-0.3, -0.25) is 4.79 Å². The quantitative estimate of drug-likeness (QED) is 0.860. The number of fused-ring (bicyclic) bond motifs is 1. The van der Waals surface area contributed by atoms with Gasteiger partial charge in [0.2, 0.25) is 15.9 Å². The minimum atomic E-state index is -3.92. The van der Waals surface area contributed by atoms with Gasteiger partial charge in [-0.25, -0.2) is 12.8 Å². The lowest BCUT2D eigenvalue weighted by Gasteiger charge is -2.19. The predicted octanol–water partition coefficient (Wildman–Crippen LogP) is 0.207. The molecule has 2 saturated heterocycles. The summed E-state index contributed by atoms with van der Waals surface area (Å²) in [5.74, 6) is -1.49. The summed E-state index contributed by atoms with van der Waals surface area (Å²) in [5, 5.41) is 2.57. The number of hydrogen-bond acceptors (Lipinski definition) is 4. The molecule has 0 radical (unpaired) electrons. The number of benzene rings is 1. The molecule has 2 aliphatic rings. The highest BCUT2D eigenvalue weighted by atomic mass is 32.2. The zero-order valence-corrected chi connectivity index (χ0v) is 12.8. The van der Waals surface area contributed by atoms with Crippen LogP contribution in [0.4, 0.5) is 4.39 Å². The lowest BCUT2D eigenvalue weighted by molar-refractivity contribution is -0.125. The van der Waals surface area contributed by atoms with Gasteiger partial charge in [-0.1, -0.05) is 12.1 Å². The molecule has 3 atom stereocenters. The lowest BCUT2D eigenvalue weighted by Crippen LogP contribution is -2.36. The fourth-order valence-corrected chi connectivity index (χ4v) is 4.68. The summed E-state index contributed by atoms with van der Waals surface area (Å²) < 4.78 is 45.7. The molecular formula is C14H17FN2O4S. The van der Waals surface area contributed by atoms with E-state index in [1.807, 2.05) is 0 Å². The van der Waals surface area contributed by atoms with Crippen LogP contribution in [0.3, 0.4) is 0 Å². The zero-order chi connectivity index (χ0) is 15.9. The molecule has 120 valence electrons. The standard InChI is InChI=1S/C14H17FN2O4S/c1-16-14(18)10-8-21-12-7-17(6-9(10)12)22(19,20)13-5-3-2-4-11(13)15/h2-5,9-10,12H,6-8H2,1H3,(H,16,18)/t9-,10+,12-/m1/s1. The molecule has 2 heterocycles. The number of sulfonamides is 1. The van der Waals surface area contributed by atoms with Crippen LogP contribution in [0.1, 0.15) is 0 Å². The van der Waals surface area contributed by atoms with E-state index in [0.29, 0.717) is 6.61 Å². The molecule has 3 rings (SSSR count). The zero-order valence-electron chi connectivity index (χ0n) is 12.0. The molecule has 6 nitrogen and oxygen atoms in total. The second kappa shape index (κ2) is 5.60. The van der Waals surface area contributed by atoms with Gasteiger partial charge in [-0.05, 0) is 12.1 Å². The molecule has 0 unspecified atom stereocenters. The third-order valence-corrected chi connectivity index (χ3v) is 6.18. The van der Waals surface area contributed by atoms with E-state index in [1.54, 1.807) is 7.05 Å². The van der Waals surface area contributed by atoms with Gasteiger partial charge in [0.15, 0.2) is 0 Å². The van der Waals surface area contributed by atoms with E-state index in [0.717, 1.165) is 6.07 Å². The molecule has 8 heteroatoms. The number of ether oxygens (including phenoxy) is 1. The third kappa shape index (κ3) is 2.41. The Morgan fingerprint density at radius 3 is 2.77 bits per heavy atom. The first-order valence-electron chi connectivity index (χ1n) is 7.03. The van der Waals surface area contributed by atoms with Gasteiger partial charge in [0.05, 0.1) is 18.6 Å². The number of hydrogen-bond donors (Lipinski definition) is 1. The van der Waals surface area contributed by atoms with Crippen LogP contribution in [0, 0.1) is 17.7 Å². The van der Waals surface area contributed by atoms with Crippen LogP contribution in [-0.4, -0.2) is 51.5 Å². The maximum atomic E-state index is 13.8. The van der Waals surface area contributed by atoms with E-state index in [-0.39, 0.29) is 41.8 Å². The van der Waals surface area contributed by atoms with Crippen LogP contribution in [0.15, 0.2) is 29.2 Å². The van der Waals surface area contributed by atoms with Crippen LogP contribution >= 0.6 is 0 Å². The van der Waals surface area contributed by atoms with Crippen LogP contribution in [0.5, 0.6) is 0 Å². The average Bonchev–Trinajstić information content (AvgIpc) is 3.07. The second-order valence-corrected chi connectivity index (χ2v) is 7.42. The Morgan fingerprint density at radius 1 is 1.36 bits per heavy atom. The summed E-state index contributed by atoms with van der Waals surface area (Å²) in [6.07, 6.45) is -0.316. The maximum absolute atomic E-state index is 13.8. The predicted molar refractivity (Wildman–Crippen MR) is 75.9 cm³/mol. The van der Waals surface area contributed by atoms with Gasteiger partial charge in [0, 0.05) is 26.1 Å². The van der Waals surface area contributed by atoms with Gasteiger partial charge < -0.3 is 10.1 Å². The molecule has 1 N–H and O–H groups in total. The van der Waals surface area contributed by atoms with E-state index < -0.39 is 15.8 Å². The van der Waals surface area contributed by atoms with E-state index in [9.17, 15) is 17.6 Å². The topological polar surface area (TPSA) is 75.7 Å². The molecular weight excluding hydrogens is 311 g/mol. The Hall–Kier alpha value is -1.51. The minimum Gasteiger partial charge on any atom is -0.376 e. The number of nitrogens with zero attached hydrogens (tertiary/aromatic N) is 1. The molecule has 1 aromatic rings. The molecule has 0 aliphatic carbocycles. The highest BCUT2D eigenvalue weighted by Gasteiger charge is 2.49. The molecule has 2 fully saturated rings. The minimum absolute atomic E-state index is 0.148. The average molecular weight is 328 g/mol. The number of amides is 1. The van der Waals surface area contributed by atoms with Crippen LogP contribution < -0.4 is 5.32 Å². The number of rotatable bonds is 3. The van der Waals surface area contributed by atoms with Gasteiger partial charge in [0.1, 0.15) is 10.7 Å². The monoisotopic (exact) mass is 328 g/mol. The van der Waals surface area contributed by atoms with Gasteiger partial charge in [-0.2, -0.15) is 4.31 Å². The van der Waals surface area contributed by atoms with Crippen molar-refractivity contribution in [1.82, 2.24) is 9.62 Å².